The Morgan fingerprint density at radius 1 is 0.958 bits per heavy atom. The first-order valence-electron chi connectivity index (χ1n) is 7.67. The number of benzene rings is 2. The van der Waals surface area contributed by atoms with E-state index in [1.807, 2.05) is 61.5 Å². The van der Waals surface area contributed by atoms with Gasteiger partial charge in [0.25, 0.3) is 0 Å². The van der Waals surface area contributed by atoms with Crippen molar-refractivity contribution in [1.82, 2.24) is 10.2 Å². The summed E-state index contributed by atoms with van der Waals surface area (Å²) in [5.74, 6) is 0.0483. The third-order valence-corrected chi connectivity index (χ3v) is 4.90. The normalized spacial score (nSPS) is 13.3. The van der Waals surface area contributed by atoms with Crippen molar-refractivity contribution in [3.63, 3.8) is 0 Å². The van der Waals surface area contributed by atoms with Crippen molar-refractivity contribution >= 4 is 21.7 Å². The molecule has 0 radical (unpaired) electrons. The van der Waals surface area contributed by atoms with Gasteiger partial charge < -0.3 is 0 Å². The Bertz CT molecular complexity index is 862. The van der Waals surface area contributed by atoms with Crippen molar-refractivity contribution in [2.75, 3.05) is 0 Å². The molecule has 0 spiro atoms. The van der Waals surface area contributed by atoms with Crippen LogP contribution in [0.2, 0.25) is 0 Å². The Hall–Kier alpha value is -2.33. The summed E-state index contributed by atoms with van der Waals surface area (Å²) in [7, 11) is 0. The molecule has 0 aliphatic heterocycles. The number of Topliss-reactive ketones (excluding diaryl/α,β-unsaturated/α-hetero) is 1. The highest BCUT2D eigenvalue weighted by molar-refractivity contribution is 9.10. The third kappa shape index (κ3) is 2.67. The van der Waals surface area contributed by atoms with Crippen LogP contribution in [0.5, 0.6) is 0 Å². The van der Waals surface area contributed by atoms with E-state index in [0.717, 1.165) is 26.7 Å². The zero-order valence-electron chi connectivity index (χ0n) is 13.5. The summed E-state index contributed by atoms with van der Waals surface area (Å²) in [6, 6.07) is 17.7. The van der Waals surface area contributed by atoms with E-state index in [1.165, 1.54) is 0 Å². The minimum atomic E-state index is -0.901. The molecule has 3 nitrogen and oxygen atoms in total. The van der Waals surface area contributed by atoms with Gasteiger partial charge in [0, 0.05) is 10.7 Å². The number of aromatic nitrogens is 2. The largest absolute Gasteiger partial charge is 0.298 e. The second-order valence-electron chi connectivity index (χ2n) is 5.76. The van der Waals surface area contributed by atoms with Crippen LogP contribution < -0.4 is 0 Å². The van der Waals surface area contributed by atoms with E-state index in [0.29, 0.717) is 0 Å². The molecule has 0 unspecified atom stereocenters. The molecule has 0 saturated heterocycles. The Balaban J connectivity index is 2.41. The number of carbonyl (C=O) groups excluding carboxylic acids is 1. The lowest BCUT2D eigenvalue weighted by molar-refractivity contribution is -0.119. The van der Waals surface area contributed by atoms with Gasteiger partial charge in [-0.2, -0.15) is 10.2 Å². The fourth-order valence-electron chi connectivity index (χ4n) is 3.28. The average Bonchev–Trinajstić information content (AvgIpc) is 2.59. The highest BCUT2D eigenvalue weighted by Crippen LogP contribution is 2.41. The smallest absolute Gasteiger partial charge is 0.149 e. The second-order valence-corrected chi connectivity index (χ2v) is 6.67. The van der Waals surface area contributed by atoms with E-state index in [2.05, 4.69) is 26.1 Å². The van der Waals surface area contributed by atoms with E-state index in [9.17, 15) is 4.79 Å². The third-order valence-electron chi connectivity index (χ3n) is 4.37. The van der Waals surface area contributed by atoms with Crippen LogP contribution in [0.4, 0.5) is 0 Å². The molecule has 0 bridgehead atoms. The lowest BCUT2D eigenvalue weighted by Crippen LogP contribution is -2.37. The van der Waals surface area contributed by atoms with Gasteiger partial charge in [-0.25, -0.2) is 0 Å². The molecule has 1 aromatic heterocycles. The van der Waals surface area contributed by atoms with Gasteiger partial charge >= 0.3 is 0 Å². The molecule has 24 heavy (non-hydrogen) atoms. The maximum atomic E-state index is 13.0. The van der Waals surface area contributed by atoms with Crippen LogP contribution in [0.15, 0.2) is 71.5 Å². The maximum Gasteiger partial charge on any atom is 0.149 e. The lowest BCUT2D eigenvalue weighted by atomic mass is 9.66. The van der Waals surface area contributed by atoms with Crippen molar-refractivity contribution in [3.05, 3.63) is 93.7 Å². The molecule has 3 aromatic rings. The molecule has 0 saturated carbocycles. The van der Waals surface area contributed by atoms with Crippen LogP contribution in [0.3, 0.4) is 0 Å². The van der Waals surface area contributed by atoms with Crippen molar-refractivity contribution in [3.8, 4) is 0 Å². The van der Waals surface area contributed by atoms with Crippen LogP contribution in [-0.4, -0.2) is 16.0 Å². The summed E-state index contributed by atoms with van der Waals surface area (Å²) in [5, 5.41) is 7.89. The van der Waals surface area contributed by atoms with Crippen LogP contribution in [0.25, 0.3) is 0 Å². The van der Waals surface area contributed by atoms with E-state index in [4.69, 9.17) is 0 Å². The van der Waals surface area contributed by atoms with Crippen molar-refractivity contribution < 1.29 is 4.79 Å². The van der Waals surface area contributed by atoms with E-state index >= 15 is 0 Å². The van der Waals surface area contributed by atoms with Crippen LogP contribution in [0.1, 0.15) is 29.2 Å². The fourth-order valence-corrected chi connectivity index (χ4v) is 3.54. The van der Waals surface area contributed by atoms with Gasteiger partial charge in [0.2, 0.25) is 0 Å². The average molecular weight is 381 g/mol. The van der Waals surface area contributed by atoms with Crippen molar-refractivity contribution in [1.29, 1.82) is 0 Å². The van der Waals surface area contributed by atoms with E-state index in [-0.39, 0.29) is 5.78 Å². The molecule has 3 rings (SSSR count). The number of halogens is 1. The Morgan fingerprint density at radius 3 is 2.25 bits per heavy atom. The SMILES string of the molecule is CC(=O)[C@@](c1ccc(Br)cc1)(c1ccnnc1)c1ccccc1C. The standard InChI is InChI=1S/C20H17BrN2O/c1-14-5-3-4-6-19(14)20(15(2)24,17-11-12-22-23-13-17)16-7-9-18(21)10-8-16/h3-13H,1-2H3/t20-/m1/s1. The van der Waals surface area contributed by atoms with E-state index in [1.54, 1.807) is 19.3 Å². The predicted molar refractivity (Wildman–Crippen MR) is 97.9 cm³/mol. The first-order valence-corrected chi connectivity index (χ1v) is 8.46. The Labute approximate surface area is 149 Å². The highest BCUT2D eigenvalue weighted by atomic mass is 79.9. The highest BCUT2D eigenvalue weighted by Gasteiger charge is 2.42. The van der Waals surface area contributed by atoms with E-state index < -0.39 is 5.41 Å². The fraction of sp³-hybridized carbons (Fsp3) is 0.150. The first-order chi connectivity index (χ1) is 11.6. The topological polar surface area (TPSA) is 42.9 Å². The summed E-state index contributed by atoms with van der Waals surface area (Å²) < 4.78 is 0.973. The van der Waals surface area contributed by atoms with Gasteiger partial charge in [0.05, 0.1) is 6.20 Å². The molecule has 0 aliphatic carbocycles. The Morgan fingerprint density at radius 2 is 1.67 bits per heavy atom. The zero-order chi connectivity index (χ0) is 17.2. The molecular weight excluding hydrogens is 364 g/mol. The number of carbonyl (C=O) groups is 1. The van der Waals surface area contributed by atoms with Crippen LogP contribution >= 0.6 is 15.9 Å². The van der Waals surface area contributed by atoms with Crippen LogP contribution in [0, 0.1) is 6.92 Å². The van der Waals surface area contributed by atoms with Crippen molar-refractivity contribution in [2.45, 2.75) is 19.3 Å². The number of aryl methyl sites for hydroxylation is 1. The van der Waals surface area contributed by atoms with Gasteiger partial charge in [0.15, 0.2) is 0 Å². The molecule has 120 valence electrons. The summed E-state index contributed by atoms with van der Waals surface area (Å²) in [4.78, 5) is 13.0. The molecule has 0 aliphatic rings. The minimum Gasteiger partial charge on any atom is -0.298 e. The number of nitrogens with zero attached hydrogens (tertiary/aromatic N) is 2. The monoisotopic (exact) mass is 380 g/mol. The minimum absolute atomic E-state index is 0.0483. The van der Waals surface area contributed by atoms with Gasteiger partial charge in [0.1, 0.15) is 11.2 Å². The Kier molecular flexibility index (Phi) is 4.58. The van der Waals surface area contributed by atoms with Crippen molar-refractivity contribution in [2.24, 2.45) is 0 Å². The number of rotatable bonds is 4. The number of ketones is 1. The summed E-state index contributed by atoms with van der Waals surface area (Å²) in [6.07, 6.45) is 3.31. The second kappa shape index (κ2) is 6.65. The summed E-state index contributed by atoms with van der Waals surface area (Å²) >= 11 is 3.47. The molecule has 4 heteroatoms. The summed E-state index contributed by atoms with van der Waals surface area (Å²) in [5.41, 5.74) is 2.87. The molecule has 1 heterocycles. The predicted octanol–water partition coefficient (Wildman–Crippen LogP) is 4.47. The summed E-state index contributed by atoms with van der Waals surface area (Å²) in [6.45, 7) is 3.66. The molecule has 0 N–H and O–H groups in total. The molecule has 2 aromatic carbocycles. The number of hydrogen-bond donors (Lipinski definition) is 0. The maximum absolute atomic E-state index is 13.0. The van der Waals surface area contributed by atoms with Gasteiger partial charge in [-0.1, -0.05) is 52.3 Å². The molecule has 1 atom stereocenters. The lowest BCUT2D eigenvalue weighted by Gasteiger charge is -2.34. The van der Waals surface area contributed by atoms with Gasteiger partial charge in [-0.15, -0.1) is 0 Å². The zero-order valence-corrected chi connectivity index (χ0v) is 15.1. The van der Waals surface area contributed by atoms with Crippen LogP contribution in [-0.2, 0) is 10.2 Å². The van der Waals surface area contributed by atoms with Gasteiger partial charge in [-0.3, -0.25) is 4.79 Å². The molecule has 0 fully saturated rings. The molecular formula is C20H17BrN2O. The number of hydrogen-bond acceptors (Lipinski definition) is 3. The first kappa shape index (κ1) is 16.5. The van der Waals surface area contributed by atoms with Gasteiger partial charge in [-0.05, 0) is 54.3 Å². The quantitative estimate of drug-likeness (QED) is 0.670. The molecule has 0 amide bonds.